The van der Waals surface area contributed by atoms with Gasteiger partial charge in [0.15, 0.2) is 5.65 Å². The lowest BCUT2D eigenvalue weighted by Crippen LogP contribution is -2.00. The molecule has 7 heteroatoms. The number of rotatable bonds is 3. The normalized spacial score (nSPS) is 10.5. The quantitative estimate of drug-likeness (QED) is 0.521. The highest BCUT2D eigenvalue weighted by Gasteiger charge is 2.01. The fourth-order valence-electron chi connectivity index (χ4n) is 0.891. The van der Waals surface area contributed by atoms with E-state index in [1.807, 2.05) is 0 Å². The number of anilines is 1. The van der Waals surface area contributed by atoms with Crippen LogP contribution in [0.1, 0.15) is 0 Å². The van der Waals surface area contributed by atoms with Gasteiger partial charge >= 0.3 is 0 Å². The SMILES string of the molecule is COONc1nc2ncncc2[nH]1. The third kappa shape index (κ3) is 1.55. The van der Waals surface area contributed by atoms with Crippen LogP contribution < -0.4 is 5.48 Å². The monoisotopic (exact) mass is 181 g/mol. The largest absolute Gasteiger partial charge is 0.320 e. The molecule has 2 aromatic heterocycles. The molecular formula is C6H7N5O2. The number of H-pyrrole nitrogens is 1. The fraction of sp³-hybridized carbons (Fsp3) is 0.167. The molecule has 0 atom stereocenters. The molecule has 0 saturated carbocycles. The van der Waals surface area contributed by atoms with E-state index >= 15 is 0 Å². The van der Waals surface area contributed by atoms with Crippen molar-refractivity contribution in [1.82, 2.24) is 19.9 Å². The number of hydrogen-bond donors (Lipinski definition) is 2. The summed E-state index contributed by atoms with van der Waals surface area (Å²) < 4.78 is 0. The molecule has 0 unspecified atom stereocenters. The Balaban J connectivity index is 2.28. The van der Waals surface area contributed by atoms with Gasteiger partial charge in [0.05, 0.1) is 13.3 Å². The van der Waals surface area contributed by atoms with Gasteiger partial charge in [-0.05, 0) is 0 Å². The van der Waals surface area contributed by atoms with E-state index in [9.17, 15) is 0 Å². The molecule has 0 aromatic carbocycles. The Kier molecular flexibility index (Phi) is 2.02. The van der Waals surface area contributed by atoms with Crippen molar-refractivity contribution in [3.63, 3.8) is 0 Å². The maximum absolute atomic E-state index is 4.46. The highest BCUT2D eigenvalue weighted by atomic mass is 17.3. The van der Waals surface area contributed by atoms with Crippen molar-refractivity contribution in [1.29, 1.82) is 0 Å². The molecule has 0 saturated heterocycles. The number of hydrogen-bond acceptors (Lipinski definition) is 6. The van der Waals surface area contributed by atoms with Crippen LogP contribution in [0.3, 0.4) is 0 Å². The van der Waals surface area contributed by atoms with Crippen LogP contribution in [0.2, 0.25) is 0 Å². The lowest BCUT2D eigenvalue weighted by Gasteiger charge is -1.96. The number of imidazole rings is 1. The number of aromatic amines is 1. The number of nitrogens with one attached hydrogen (secondary N) is 2. The van der Waals surface area contributed by atoms with Gasteiger partial charge < -0.3 is 4.98 Å². The van der Waals surface area contributed by atoms with Crippen molar-refractivity contribution >= 4 is 17.1 Å². The maximum Gasteiger partial charge on any atom is 0.229 e. The van der Waals surface area contributed by atoms with Gasteiger partial charge in [-0.3, -0.25) is 0 Å². The molecule has 2 aromatic rings. The average molecular weight is 181 g/mol. The first-order valence-corrected chi connectivity index (χ1v) is 3.51. The van der Waals surface area contributed by atoms with Crippen LogP contribution >= 0.6 is 0 Å². The second-order valence-corrected chi connectivity index (χ2v) is 2.20. The molecule has 0 bridgehead atoms. The molecule has 2 rings (SSSR count). The molecule has 13 heavy (non-hydrogen) atoms. The lowest BCUT2D eigenvalue weighted by molar-refractivity contribution is -0.249. The Labute approximate surface area is 73.0 Å². The van der Waals surface area contributed by atoms with E-state index in [1.165, 1.54) is 13.4 Å². The van der Waals surface area contributed by atoms with Crippen LogP contribution in [0.4, 0.5) is 5.95 Å². The van der Waals surface area contributed by atoms with Crippen LogP contribution in [0.5, 0.6) is 0 Å². The van der Waals surface area contributed by atoms with Gasteiger partial charge in [0.25, 0.3) is 0 Å². The number of nitrogens with zero attached hydrogens (tertiary/aromatic N) is 3. The molecule has 0 aliphatic carbocycles. The van der Waals surface area contributed by atoms with Gasteiger partial charge in [-0.25, -0.2) is 20.3 Å². The molecule has 0 amide bonds. The summed E-state index contributed by atoms with van der Waals surface area (Å²) in [4.78, 5) is 23.4. The smallest absolute Gasteiger partial charge is 0.229 e. The predicted octanol–water partition coefficient (Wildman–Crippen LogP) is 0.258. The van der Waals surface area contributed by atoms with Gasteiger partial charge in [-0.2, -0.15) is 4.98 Å². The predicted molar refractivity (Wildman–Crippen MR) is 43.4 cm³/mol. The Bertz CT molecular complexity index is 368. The highest BCUT2D eigenvalue weighted by Crippen LogP contribution is 2.08. The van der Waals surface area contributed by atoms with E-state index in [1.54, 1.807) is 6.20 Å². The number of aromatic nitrogens is 4. The number of fused-ring (bicyclic) bond motifs is 1. The summed E-state index contributed by atoms with van der Waals surface area (Å²) in [5.41, 5.74) is 3.72. The summed E-state index contributed by atoms with van der Waals surface area (Å²) >= 11 is 0. The zero-order valence-corrected chi connectivity index (χ0v) is 6.81. The third-order valence-corrected chi connectivity index (χ3v) is 1.38. The van der Waals surface area contributed by atoms with Crippen molar-refractivity contribution in [2.45, 2.75) is 0 Å². The third-order valence-electron chi connectivity index (χ3n) is 1.38. The fourth-order valence-corrected chi connectivity index (χ4v) is 0.891. The summed E-state index contributed by atoms with van der Waals surface area (Å²) in [6.45, 7) is 0. The molecule has 7 nitrogen and oxygen atoms in total. The lowest BCUT2D eigenvalue weighted by atomic mass is 10.6. The molecular weight excluding hydrogens is 174 g/mol. The van der Waals surface area contributed by atoms with Gasteiger partial charge in [0.2, 0.25) is 5.95 Å². The topological polar surface area (TPSA) is 84.9 Å². The van der Waals surface area contributed by atoms with E-state index in [0.29, 0.717) is 11.6 Å². The highest BCUT2D eigenvalue weighted by molar-refractivity contribution is 5.71. The first-order chi connectivity index (χ1) is 6.40. The van der Waals surface area contributed by atoms with Gasteiger partial charge in [-0.15, -0.1) is 4.99 Å². The van der Waals surface area contributed by atoms with Crippen LogP contribution in [-0.2, 0) is 9.88 Å². The Hall–Kier alpha value is -1.73. The minimum Gasteiger partial charge on any atom is -0.320 e. The molecule has 68 valence electrons. The van der Waals surface area contributed by atoms with E-state index in [-0.39, 0.29) is 0 Å². The van der Waals surface area contributed by atoms with Gasteiger partial charge in [0.1, 0.15) is 11.8 Å². The average Bonchev–Trinajstić information content (AvgIpc) is 2.57. The zero-order valence-electron chi connectivity index (χ0n) is 6.81. The Morgan fingerprint density at radius 1 is 1.54 bits per heavy atom. The minimum atomic E-state index is 0.414. The van der Waals surface area contributed by atoms with Crippen molar-refractivity contribution in [2.75, 3.05) is 12.6 Å². The molecule has 0 fully saturated rings. The van der Waals surface area contributed by atoms with Crippen molar-refractivity contribution in [3.8, 4) is 0 Å². The minimum absolute atomic E-state index is 0.414. The van der Waals surface area contributed by atoms with E-state index < -0.39 is 0 Å². The van der Waals surface area contributed by atoms with Crippen molar-refractivity contribution in [2.24, 2.45) is 0 Å². The van der Waals surface area contributed by atoms with Crippen LogP contribution in [0.25, 0.3) is 11.2 Å². The van der Waals surface area contributed by atoms with Gasteiger partial charge in [0, 0.05) is 0 Å². The van der Waals surface area contributed by atoms with Crippen LogP contribution in [-0.4, -0.2) is 27.0 Å². The summed E-state index contributed by atoms with van der Waals surface area (Å²) in [6, 6.07) is 0. The van der Waals surface area contributed by atoms with E-state index in [2.05, 4.69) is 35.3 Å². The second-order valence-electron chi connectivity index (χ2n) is 2.20. The summed E-state index contributed by atoms with van der Waals surface area (Å²) in [5, 5.41) is 0. The first kappa shape index (κ1) is 7.90. The Morgan fingerprint density at radius 2 is 2.46 bits per heavy atom. The molecule has 0 aliphatic heterocycles. The van der Waals surface area contributed by atoms with Gasteiger partial charge in [-0.1, -0.05) is 0 Å². The zero-order chi connectivity index (χ0) is 9.10. The summed E-state index contributed by atoms with van der Waals surface area (Å²) in [5.74, 6) is 0.414. The summed E-state index contributed by atoms with van der Waals surface area (Å²) in [7, 11) is 1.38. The van der Waals surface area contributed by atoms with Crippen molar-refractivity contribution < 1.29 is 9.88 Å². The summed E-state index contributed by atoms with van der Waals surface area (Å²) in [6.07, 6.45) is 3.04. The van der Waals surface area contributed by atoms with Crippen molar-refractivity contribution in [3.05, 3.63) is 12.5 Å². The molecule has 0 radical (unpaired) electrons. The molecule has 2 heterocycles. The van der Waals surface area contributed by atoms with E-state index in [4.69, 9.17) is 0 Å². The molecule has 0 spiro atoms. The standard InChI is InChI=1S/C6H7N5O2/c1-12-13-11-6-9-4-2-7-3-8-5(4)10-6/h2-3H,1H3,(H2,7,8,9,10,11). The Morgan fingerprint density at radius 3 is 3.23 bits per heavy atom. The van der Waals surface area contributed by atoms with Crippen LogP contribution in [0.15, 0.2) is 12.5 Å². The maximum atomic E-state index is 4.46. The molecule has 2 N–H and O–H groups in total. The molecule has 0 aliphatic rings. The van der Waals surface area contributed by atoms with E-state index in [0.717, 1.165) is 5.52 Å². The first-order valence-electron chi connectivity index (χ1n) is 3.51. The second kappa shape index (κ2) is 3.33. The van der Waals surface area contributed by atoms with Crippen LogP contribution in [0, 0.1) is 0 Å².